The maximum Gasteiger partial charge on any atom is 0.287 e. The molecule has 0 saturated heterocycles. The lowest BCUT2D eigenvalue weighted by Gasteiger charge is -2.18. The molecule has 3 aromatic rings. The van der Waals surface area contributed by atoms with Gasteiger partial charge in [-0.05, 0) is 34.1 Å². The topological polar surface area (TPSA) is 113 Å². The number of carbonyl (C=O) groups excluding carboxylic acids is 2. The molecule has 3 heterocycles. The van der Waals surface area contributed by atoms with E-state index in [1.807, 2.05) is 26.2 Å². The molecule has 2 aromatic heterocycles. The fourth-order valence-corrected chi connectivity index (χ4v) is 4.28. The Hall–Kier alpha value is -3.20. The van der Waals surface area contributed by atoms with Crippen LogP contribution >= 0.6 is 11.3 Å². The fourth-order valence-electron chi connectivity index (χ4n) is 3.11. The van der Waals surface area contributed by atoms with Crippen molar-refractivity contribution in [2.45, 2.75) is 32.7 Å². The maximum atomic E-state index is 12.6. The molecule has 0 atom stereocenters. The molecular formula is C20H20N4O4S. The molecular weight excluding hydrogens is 392 g/mol. The number of aromatic amines is 1. The molecule has 1 aliphatic rings. The molecule has 0 spiro atoms. The Labute approximate surface area is 170 Å². The highest BCUT2D eigenvalue weighted by atomic mass is 32.1. The highest BCUT2D eigenvalue weighted by Gasteiger charge is 2.23. The van der Waals surface area contributed by atoms with Gasteiger partial charge in [-0.2, -0.15) is 0 Å². The minimum Gasteiger partial charge on any atom is -0.482 e. The summed E-state index contributed by atoms with van der Waals surface area (Å²) in [6.07, 6.45) is 0. The van der Waals surface area contributed by atoms with Crippen LogP contribution in [-0.4, -0.2) is 28.4 Å². The maximum absolute atomic E-state index is 12.6. The van der Waals surface area contributed by atoms with E-state index < -0.39 is 5.91 Å². The molecule has 0 radical (unpaired) electrons. The number of nitrogens with one attached hydrogen (secondary N) is 3. The van der Waals surface area contributed by atoms with E-state index >= 15 is 0 Å². The van der Waals surface area contributed by atoms with E-state index in [0.717, 1.165) is 11.1 Å². The number of H-pyrrole nitrogens is 1. The van der Waals surface area contributed by atoms with Gasteiger partial charge in [-0.1, -0.05) is 26.8 Å². The zero-order valence-corrected chi connectivity index (χ0v) is 17.0. The zero-order valence-electron chi connectivity index (χ0n) is 16.2. The lowest BCUT2D eigenvalue weighted by atomic mass is 9.87. The van der Waals surface area contributed by atoms with E-state index in [0.29, 0.717) is 21.7 Å². The molecule has 0 bridgehead atoms. The summed E-state index contributed by atoms with van der Waals surface area (Å²) in [7, 11) is 0. The average molecular weight is 412 g/mol. The van der Waals surface area contributed by atoms with Gasteiger partial charge in [0.25, 0.3) is 17.4 Å². The summed E-state index contributed by atoms with van der Waals surface area (Å²) in [6, 6.07) is 5.27. The van der Waals surface area contributed by atoms with E-state index in [2.05, 4.69) is 20.6 Å². The predicted molar refractivity (Wildman–Crippen MR) is 111 cm³/mol. The van der Waals surface area contributed by atoms with Crippen LogP contribution in [-0.2, 0) is 16.8 Å². The summed E-state index contributed by atoms with van der Waals surface area (Å²) in [4.78, 5) is 44.0. The Morgan fingerprint density at radius 2 is 2.10 bits per heavy atom. The molecule has 0 aliphatic carbocycles. The molecule has 0 fully saturated rings. The van der Waals surface area contributed by atoms with Gasteiger partial charge in [0.15, 0.2) is 6.61 Å². The van der Waals surface area contributed by atoms with E-state index in [9.17, 15) is 14.4 Å². The third kappa shape index (κ3) is 3.73. The first-order valence-electron chi connectivity index (χ1n) is 9.08. The number of hydrogen-bond donors (Lipinski definition) is 3. The Bertz CT molecular complexity index is 1190. The Morgan fingerprint density at radius 3 is 2.86 bits per heavy atom. The van der Waals surface area contributed by atoms with Gasteiger partial charge >= 0.3 is 0 Å². The summed E-state index contributed by atoms with van der Waals surface area (Å²) >= 11 is 1.35. The van der Waals surface area contributed by atoms with Crippen LogP contribution < -0.4 is 20.9 Å². The highest BCUT2D eigenvalue weighted by molar-refractivity contribution is 7.16. The molecule has 0 saturated carbocycles. The van der Waals surface area contributed by atoms with Crippen LogP contribution in [0, 0.1) is 0 Å². The Balaban J connectivity index is 1.53. The number of ether oxygens (including phenoxy) is 1. The van der Waals surface area contributed by atoms with Gasteiger partial charge in [-0.25, -0.2) is 4.98 Å². The molecule has 9 heteroatoms. The van der Waals surface area contributed by atoms with Gasteiger partial charge in [0.2, 0.25) is 5.82 Å². The fraction of sp³-hybridized carbons (Fsp3) is 0.300. The minimum atomic E-state index is -0.479. The number of thiophene rings is 1. The first-order valence-corrected chi connectivity index (χ1v) is 9.96. The van der Waals surface area contributed by atoms with Crippen LogP contribution in [0.15, 0.2) is 28.4 Å². The molecule has 4 rings (SSSR count). The highest BCUT2D eigenvalue weighted by Crippen LogP contribution is 2.31. The van der Waals surface area contributed by atoms with Gasteiger partial charge in [-0.3, -0.25) is 14.4 Å². The standard InChI is InChI=1S/C20H20N4O4S/c1-20(2,3)11-9-29-19-15(11)17(26)23-16(24-19)18(27)21-7-10-4-5-13-12(6-10)22-14(25)8-28-13/h4-6,9H,7-8H2,1-3H3,(H,21,27)(H,22,25)(H,23,24,26). The van der Waals surface area contributed by atoms with Crippen LogP contribution in [0.25, 0.3) is 10.2 Å². The number of amides is 2. The van der Waals surface area contributed by atoms with Gasteiger partial charge in [-0.15, -0.1) is 11.3 Å². The predicted octanol–water partition coefficient (Wildman–Crippen LogP) is 2.54. The van der Waals surface area contributed by atoms with E-state index in [1.165, 1.54) is 11.3 Å². The second-order valence-electron chi connectivity index (χ2n) is 7.84. The van der Waals surface area contributed by atoms with Crippen LogP contribution in [0.5, 0.6) is 5.75 Å². The zero-order chi connectivity index (χ0) is 20.8. The second kappa shape index (κ2) is 7.00. The van der Waals surface area contributed by atoms with Crippen molar-refractivity contribution in [3.05, 3.63) is 50.9 Å². The number of hydrogen-bond acceptors (Lipinski definition) is 6. The molecule has 2 amide bonds. The molecule has 1 aromatic carbocycles. The van der Waals surface area contributed by atoms with Crippen molar-refractivity contribution in [3.8, 4) is 5.75 Å². The van der Waals surface area contributed by atoms with Crippen molar-refractivity contribution in [1.29, 1.82) is 0 Å². The van der Waals surface area contributed by atoms with Crippen molar-refractivity contribution < 1.29 is 14.3 Å². The summed E-state index contributed by atoms with van der Waals surface area (Å²) < 4.78 is 5.32. The van der Waals surface area contributed by atoms with Crippen molar-refractivity contribution in [2.75, 3.05) is 11.9 Å². The third-order valence-corrected chi connectivity index (χ3v) is 5.47. The number of anilines is 1. The smallest absolute Gasteiger partial charge is 0.287 e. The molecule has 0 unspecified atom stereocenters. The second-order valence-corrected chi connectivity index (χ2v) is 8.70. The van der Waals surface area contributed by atoms with Crippen LogP contribution in [0.3, 0.4) is 0 Å². The van der Waals surface area contributed by atoms with Crippen molar-refractivity contribution >= 4 is 39.1 Å². The average Bonchev–Trinajstić information content (AvgIpc) is 3.11. The van der Waals surface area contributed by atoms with Crippen molar-refractivity contribution in [2.24, 2.45) is 0 Å². The third-order valence-electron chi connectivity index (χ3n) is 4.60. The lowest BCUT2D eigenvalue weighted by Crippen LogP contribution is -2.28. The number of rotatable bonds is 3. The summed E-state index contributed by atoms with van der Waals surface area (Å²) in [5.74, 6) is -0.144. The van der Waals surface area contributed by atoms with Gasteiger partial charge in [0.1, 0.15) is 10.6 Å². The van der Waals surface area contributed by atoms with Gasteiger partial charge in [0, 0.05) is 6.54 Å². The molecule has 29 heavy (non-hydrogen) atoms. The number of benzene rings is 1. The molecule has 8 nitrogen and oxygen atoms in total. The minimum absolute atomic E-state index is 0.00968. The van der Waals surface area contributed by atoms with E-state index in [1.54, 1.807) is 18.2 Å². The Kier molecular flexibility index (Phi) is 4.62. The van der Waals surface area contributed by atoms with Crippen molar-refractivity contribution in [3.63, 3.8) is 0 Å². The number of aromatic nitrogens is 2. The van der Waals surface area contributed by atoms with Gasteiger partial charge < -0.3 is 20.4 Å². The molecule has 150 valence electrons. The number of fused-ring (bicyclic) bond motifs is 2. The normalized spacial score (nSPS) is 13.6. The molecule has 3 N–H and O–H groups in total. The van der Waals surface area contributed by atoms with Crippen molar-refractivity contribution in [1.82, 2.24) is 15.3 Å². The summed E-state index contributed by atoms with van der Waals surface area (Å²) in [5, 5.41) is 7.91. The summed E-state index contributed by atoms with van der Waals surface area (Å²) in [5.41, 5.74) is 1.74. The first-order chi connectivity index (χ1) is 13.7. The quantitative estimate of drug-likeness (QED) is 0.612. The van der Waals surface area contributed by atoms with E-state index in [4.69, 9.17) is 4.74 Å². The number of nitrogens with zero attached hydrogens (tertiary/aromatic N) is 1. The monoisotopic (exact) mass is 412 g/mol. The molecule has 1 aliphatic heterocycles. The summed E-state index contributed by atoms with van der Waals surface area (Å²) in [6.45, 7) is 6.29. The van der Waals surface area contributed by atoms with Crippen LogP contribution in [0.1, 0.15) is 42.5 Å². The number of carbonyl (C=O) groups is 2. The first kappa shape index (κ1) is 19.1. The van der Waals surface area contributed by atoms with Gasteiger partial charge in [0.05, 0.1) is 11.1 Å². The Morgan fingerprint density at radius 1 is 1.31 bits per heavy atom. The van der Waals surface area contributed by atoms with Crippen LogP contribution in [0.2, 0.25) is 0 Å². The largest absolute Gasteiger partial charge is 0.482 e. The SMILES string of the molecule is CC(C)(C)c1csc2nc(C(=O)NCc3ccc4c(c3)NC(=O)CO4)[nH]c(=O)c12. The van der Waals surface area contributed by atoms with Crippen LogP contribution in [0.4, 0.5) is 5.69 Å². The lowest BCUT2D eigenvalue weighted by molar-refractivity contribution is -0.118. The van der Waals surface area contributed by atoms with E-state index in [-0.39, 0.29) is 35.9 Å².